The highest BCUT2D eigenvalue weighted by atomic mass is 79.9. The summed E-state index contributed by atoms with van der Waals surface area (Å²) in [5, 5.41) is 8.60. The molecule has 0 aliphatic carbocycles. The molecule has 2 aromatic rings. The molecule has 6 heteroatoms. The molecule has 0 aromatic carbocycles. The summed E-state index contributed by atoms with van der Waals surface area (Å²) < 4.78 is 1.04. The topological polar surface area (TPSA) is 63.1 Å². The van der Waals surface area contributed by atoms with E-state index < -0.39 is 5.97 Å². The second kappa shape index (κ2) is 5.37. The Hall–Kier alpha value is -1.27. The molecule has 2 heterocycles. The second-order valence-electron chi connectivity index (χ2n) is 3.36. The number of carboxylic acids is 1. The highest BCUT2D eigenvalue weighted by molar-refractivity contribution is 9.11. The van der Waals surface area contributed by atoms with Crippen molar-refractivity contribution in [2.24, 2.45) is 0 Å². The number of aliphatic carboxylic acids is 1. The molecule has 0 fully saturated rings. The maximum atomic E-state index is 10.5. The number of aryl methyl sites for hydroxylation is 1. The summed E-state index contributed by atoms with van der Waals surface area (Å²) in [7, 11) is 0. The fraction of sp³-hybridized carbons (Fsp3) is 0.182. The van der Waals surface area contributed by atoms with Crippen LogP contribution in [0.2, 0.25) is 0 Å². The predicted octanol–water partition coefficient (Wildman–Crippen LogP) is 2.98. The average molecular weight is 313 g/mol. The number of halogens is 1. The van der Waals surface area contributed by atoms with Crippen molar-refractivity contribution < 1.29 is 9.90 Å². The number of thiophene rings is 1. The van der Waals surface area contributed by atoms with Crippen LogP contribution in [0.5, 0.6) is 0 Å². The van der Waals surface area contributed by atoms with Gasteiger partial charge in [-0.1, -0.05) is 0 Å². The smallest absolute Gasteiger partial charge is 0.303 e. The molecule has 0 saturated heterocycles. The Kier molecular flexibility index (Phi) is 3.86. The maximum absolute atomic E-state index is 10.5. The quantitative estimate of drug-likeness (QED) is 0.942. The van der Waals surface area contributed by atoms with Gasteiger partial charge >= 0.3 is 5.97 Å². The third-order valence-electron chi connectivity index (χ3n) is 2.09. The normalized spacial score (nSPS) is 10.4. The summed E-state index contributed by atoms with van der Waals surface area (Å²) in [6.07, 6.45) is 2.07. The lowest BCUT2D eigenvalue weighted by Gasteiger charge is -2.00. The fourth-order valence-electron chi connectivity index (χ4n) is 1.33. The van der Waals surface area contributed by atoms with Crippen LogP contribution in [0.4, 0.5) is 0 Å². The lowest BCUT2D eigenvalue weighted by Crippen LogP contribution is -2.01. The van der Waals surface area contributed by atoms with Crippen molar-refractivity contribution >= 4 is 33.2 Å². The van der Waals surface area contributed by atoms with Crippen LogP contribution >= 0.6 is 27.3 Å². The molecule has 2 rings (SSSR count). The van der Waals surface area contributed by atoms with Gasteiger partial charge in [0.05, 0.1) is 20.8 Å². The third-order valence-corrected chi connectivity index (χ3v) is 3.74. The zero-order chi connectivity index (χ0) is 12.3. The number of hydrogen-bond acceptors (Lipinski definition) is 4. The Labute approximate surface area is 110 Å². The van der Waals surface area contributed by atoms with Crippen molar-refractivity contribution in [2.45, 2.75) is 12.8 Å². The highest BCUT2D eigenvalue weighted by Gasteiger charge is 2.06. The van der Waals surface area contributed by atoms with E-state index in [1.54, 1.807) is 17.5 Å². The molecule has 88 valence electrons. The largest absolute Gasteiger partial charge is 0.481 e. The number of hydrogen-bond donors (Lipinski definition) is 1. The van der Waals surface area contributed by atoms with Gasteiger partial charge in [0.1, 0.15) is 5.82 Å². The lowest BCUT2D eigenvalue weighted by atomic mass is 10.3. The van der Waals surface area contributed by atoms with E-state index in [-0.39, 0.29) is 6.42 Å². The number of nitrogens with zero attached hydrogens (tertiary/aromatic N) is 2. The van der Waals surface area contributed by atoms with Gasteiger partial charge in [0.25, 0.3) is 0 Å². The first-order valence-corrected chi connectivity index (χ1v) is 6.55. The number of rotatable bonds is 4. The first-order valence-electron chi connectivity index (χ1n) is 4.94. The molecule has 0 aliphatic heterocycles. The zero-order valence-electron chi connectivity index (χ0n) is 8.76. The van der Waals surface area contributed by atoms with Crippen LogP contribution in [0.15, 0.2) is 28.2 Å². The number of aromatic nitrogens is 2. The van der Waals surface area contributed by atoms with E-state index in [0.29, 0.717) is 12.2 Å². The van der Waals surface area contributed by atoms with Gasteiger partial charge in [0, 0.05) is 12.6 Å². The van der Waals surface area contributed by atoms with E-state index in [1.807, 2.05) is 18.2 Å². The van der Waals surface area contributed by atoms with E-state index in [4.69, 9.17) is 5.11 Å². The molecule has 0 bridgehead atoms. The predicted molar refractivity (Wildman–Crippen MR) is 69.0 cm³/mol. The molecule has 1 N–H and O–H groups in total. The van der Waals surface area contributed by atoms with Gasteiger partial charge < -0.3 is 5.11 Å². The molecule has 0 amide bonds. The molecule has 0 radical (unpaired) electrons. The van der Waals surface area contributed by atoms with Gasteiger partial charge in [-0.15, -0.1) is 11.3 Å². The van der Waals surface area contributed by atoms with Crippen LogP contribution in [-0.2, 0) is 11.2 Å². The van der Waals surface area contributed by atoms with E-state index in [0.717, 1.165) is 14.4 Å². The van der Waals surface area contributed by atoms with Gasteiger partial charge in [-0.2, -0.15) is 0 Å². The van der Waals surface area contributed by atoms with Gasteiger partial charge in [-0.05, 0) is 34.1 Å². The molecule has 0 spiro atoms. The van der Waals surface area contributed by atoms with Crippen LogP contribution in [0.1, 0.15) is 12.2 Å². The third kappa shape index (κ3) is 3.34. The molecule has 0 atom stereocenters. The minimum atomic E-state index is -0.835. The Morgan fingerprint density at radius 2 is 2.24 bits per heavy atom. The molecule has 0 unspecified atom stereocenters. The average Bonchev–Trinajstić information content (AvgIpc) is 2.74. The molecule has 2 aromatic heterocycles. The number of carbonyl (C=O) groups is 1. The number of carboxylic acid groups (broad SMARTS) is 1. The first-order chi connectivity index (χ1) is 8.15. The minimum Gasteiger partial charge on any atom is -0.481 e. The molecule has 17 heavy (non-hydrogen) atoms. The Morgan fingerprint density at radius 3 is 2.88 bits per heavy atom. The van der Waals surface area contributed by atoms with Crippen LogP contribution < -0.4 is 0 Å². The summed E-state index contributed by atoms with van der Waals surface area (Å²) in [5.41, 5.74) is 0.830. The Morgan fingerprint density at radius 1 is 1.41 bits per heavy atom. The summed E-state index contributed by atoms with van der Waals surface area (Å²) in [4.78, 5) is 19.9. The Balaban J connectivity index is 2.19. The Bertz CT molecular complexity index is 542. The zero-order valence-corrected chi connectivity index (χ0v) is 11.2. The first kappa shape index (κ1) is 12.2. The molecule has 0 aliphatic rings. The van der Waals surface area contributed by atoms with Crippen LogP contribution in [0.25, 0.3) is 10.6 Å². The summed E-state index contributed by atoms with van der Waals surface area (Å²) in [6, 6.07) is 5.75. The van der Waals surface area contributed by atoms with E-state index in [2.05, 4.69) is 25.9 Å². The fourth-order valence-corrected chi connectivity index (χ4v) is 2.68. The van der Waals surface area contributed by atoms with Gasteiger partial charge in [0.15, 0.2) is 0 Å². The monoisotopic (exact) mass is 312 g/mol. The van der Waals surface area contributed by atoms with Crippen LogP contribution in [-0.4, -0.2) is 21.0 Å². The molecule has 0 saturated carbocycles. The minimum absolute atomic E-state index is 0.0532. The van der Waals surface area contributed by atoms with Crippen molar-refractivity contribution in [2.75, 3.05) is 0 Å². The van der Waals surface area contributed by atoms with E-state index in [9.17, 15) is 4.79 Å². The SMILES string of the molecule is O=C(O)CCc1nccc(-c2ccc(Br)s2)n1. The summed E-state index contributed by atoms with van der Waals surface area (Å²) in [6.45, 7) is 0. The standard InChI is InChI=1S/C11H9BrN2O2S/c12-9-2-1-8(17-9)7-5-6-13-10(14-7)3-4-11(15)16/h1-2,5-6H,3-4H2,(H,15,16). The van der Waals surface area contributed by atoms with E-state index in [1.165, 1.54) is 0 Å². The van der Waals surface area contributed by atoms with Crippen molar-refractivity contribution in [3.05, 3.63) is 34.0 Å². The van der Waals surface area contributed by atoms with E-state index >= 15 is 0 Å². The van der Waals surface area contributed by atoms with Gasteiger partial charge in [-0.25, -0.2) is 9.97 Å². The maximum Gasteiger partial charge on any atom is 0.303 e. The van der Waals surface area contributed by atoms with Crippen LogP contribution in [0.3, 0.4) is 0 Å². The molecular formula is C11H9BrN2O2S. The van der Waals surface area contributed by atoms with Crippen molar-refractivity contribution in [1.29, 1.82) is 0 Å². The van der Waals surface area contributed by atoms with Crippen LogP contribution in [0, 0.1) is 0 Å². The second-order valence-corrected chi connectivity index (χ2v) is 5.82. The van der Waals surface area contributed by atoms with Crippen molar-refractivity contribution in [3.63, 3.8) is 0 Å². The summed E-state index contributed by atoms with van der Waals surface area (Å²) >= 11 is 4.98. The summed E-state index contributed by atoms with van der Waals surface area (Å²) in [5.74, 6) is -0.271. The highest BCUT2D eigenvalue weighted by Crippen LogP contribution is 2.29. The molecular weight excluding hydrogens is 304 g/mol. The van der Waals surface area contributed by atoms with Gasteiger partial charge in [-0.3, -0.25) is 4.79 Å². The lowest BCUT2D eigenvalue weighted by molar-refractivity contribution is -0.137. The van der Waals surface area contributed by atoms with Gasteiger partial charge in [0.2, 0.25) is 0 Å². The van der Waals surface area contributed by atoms with Crippen molar-refractivity contribution in [3.8, 4) is 10.6 Å². The van der Waals surface area contributed by atoms with Crippen molar-refractivity contribution in [1.82, 2.24) is 9.97 Å². The molecule has 4 nitrogen and oxygen atoms in total.